The zero-order valence-electron chi connectivity index (χ0n) is 33.8. The monoisotopic (exact) mass is 784 g/mol. The minimum Gasteiger partial charge on any atom is -0.440 e. The summed E-state index contributed by atoms with van der Waals surface area (Å²) in [5.41, 5.74) is 12.7. The molecule has 0 saturated heterocycles. The van der Waals surface area contributed by atoms with E-state index in [0.29, 0.717) is 0 Å². The zero-order valence-corrected chi connectivity index (χ0v) is 33.8. The second kappa shape index (κ2) is 12.9. The number of aryl methyl sites for hydroxylation is 1. The van der Waals surface area contributed by atoms with E-state index < -0.39 is 0 Å². The van der Waals surface area contributed by atoms with Crippen molar-refractivity contribution in [1.29, 1.82) is 0 Å². The molecule has 9 aromatic carbocycles. The van der Waals surface area contributed by atoms with Crippen molar-refractivity contribution in [3.05, 3.63) is 205 Å². The first-order valence-corrected chi connectivity index (χ1v) is 21.1. The molecule has 0 spiro atoms. The lowest BCUT2D eigenvalue weighted by Crippen LogP contribution is -2.46. The molecular weight excluding hydrogens is 745 g/mol. The van der Waals surface area contributed by atoms with Crippen LogP contribution in [-0.2, 0) is 0 Å². The Morgan fingerprint density at radius 2 is 1.11 bits per heavy atom. The van der Waals surface area contributed by atoms with Gasteiger partial charge in [-0.05, 0) is 105 Å². The number of hydrogen-bond donors (Lipinski definition) is 1. The Hall–Kier alpha value is -7.60. The SMILES string of the molecule is Cc1ccccc1-n1c2ccccc2c2ccc(C3NC(n4c5ccccc5c5cc6ccccc6cc54)N(C)c4oc5ccc(-c6ccc7ccccc7c6)cc5c43)cc21. The van der Waals surface area contributed by atoms with Crippen LogP contribution in [0.1, 0.15) is 29.0 Å². The first-order valence-electron chi connectivity index (χ1n) is 21.1. The Morgan fingerprint density at radius 3 is 1.93 bits per heavy atom. The predicted molar refractivity (Wildman–Crippen MR) is 254 cm³/mol. The second-order valence-corrected chi connectivity index (χ2v) is 16.7. The van der Waals surface area contributed by atoms with Gasteiger partial charge in [0.1, 0.15) is 5.58 Å². The fraction of sp³-hybridized carbons (Fsp3) is 0.0714. The number of para-hydroxylation sites is 3. The van der Waals surface area contributed by atoms with Gasteiger partial charge in [0.15, 0.2) is 6.29 Å². The maximum Gasteiger partial charge on any atom is 0.204 e. The summed E-state index contributed by atoms with van der Waals surface area (Å²) in [7, 11) is 2.17. The Balaban J connectivity index is 1.07. The predicted octanol–water partition coefficient (Wildman–Crippen LogP) is 14.2. The standard InChI is InChI=1S/C56H40N4O/c1-34-13-3-10-20-47(34)59-48-21-11-8-18-42(48)44-27-25-41(33-50(44)59)54-53-46-31-40(39-24-23-35-14-4-5-15-36(35)29-39)26-28-52(46)61-55(53)58(2)56(57-54)60-49-22-12-9-19-43(49)45-30-37-16-6-7-17-38(37)32-51(45)60/h3-33,54,56-57H,1-2H3. The molecule has 0 radical (unpaired) electrons. The van der Waals surface area contributed by atoms with Gasteiger partial charge >= 0.3 is 0 Å². The van der Waals surface area contributed by atoms with Gasteiger partial charge in [-0.2, -0.15) is 0 Å². The Labute approximate surface area is 352 Å². The van der Waals surface area contributed by atoms with Crippen LogP contribution < -0.4 is 10.2 Å². The van der Waals surface area contributed by atoms with Gasteiger partial charge < -0.3 is 18.5 Å². The molecular formula is C56H40N4O. The molecule has 5 heteroatoms. The number of nitrogens with zero attached hydrogens (tertiary/aromatic N) is 3. The highest BCUT2D eigenvalue weighted by molar-refractivity contribution is 6.13. The van der Waals surface area contributed by atoms with Crippen LogP contribution in [0.3, 0.4) is 0 Å². The molecule has 0 bridgehead atoms. The summed E-state index contributed by atoms with van der Waals surface area (Å²) in [6.07, 6.45) is -0.278. The minimum atomic E-state index is -0.278. The number of rotatable bonds is 4. The van der Waals surface area contributed by atoms with Gasteiger partial charge in [-0.15, -0.1) is 0 Å². The van der Waals surface area contributed by atoms with Crippen LogP contribution in [0.25, 0.3) is 92.9 Å². The lowest BCUT2D eigenvalue weighted by molar-refractivity contribution is 0.347. The molecule has 13 rings (SSSR count). The van der Waals surface area contributed by atoms with Crippen LogP contribution in [-0.4, -0.2) is 16.2 Å². The van der Waals surface area contributed by atoms with Crippen LogP contribution in [0.4, 0.5) is 5.88 Å². The molecule has 4 heterocycles. The third kappa shape index (κ3) is 5.05. The first-order chi connectivity index (χ1) is 30.1. The van der Waals surface area contributed by atoms with Crippen molar-refractivity contribution in [2.75, 3.05) is 11.9 Å². The summed E-state index contributed by atoms with van der Waals surface area (Å²) in [5.74, 6) is 0.866. The van der Waals surface area contributed by atoms with Crippen molar-refractivity contribution in [2.24, 2.45) is 0 Å². The minimum absolute atomic E-state index is 0.214. The summed E-state index contributed by atoms with van der Waals surface area (Å²) in [5, 5.41) is 15.2. The van der Waals surface area contributed by atoms with Crippen LogP contribution in [0, 0.1) is 6.92 Å². The zero-order chi connectivity index (χ0) is 40.3. The lowest BCUT2D eigenvalue weighted by Gasteiger charge is -2.40. The van der Waals surface area contributed by atoms with Crippen LogP contribution >= 0.6 is 0 Å². The number of nitrogens with one attached hydrogen (secondary N) is 1. The largest absolute Gasteiger partial charge is 0.440 e. The average Bonchev–Trinajstić information content (AvgIpc) is 3.96. The van der Waals surface area contributed by atoms with E-state index in [1.165, 1.54) is 87.5 Å². The van der Waals surface area contributed by atoms with E-state index in [2.05, 4.69) is 221 Å². The summed E-state index contributed by atoms with van der Waals surface area (Å²) >= 11 is 0. The van der Waals surface area contributed by atoms with Gasteiger partial charge in [-0.1, -0.05) is 133 Å². The summed E-state index contributed by atoms with van der Waals surface area (Å²) in [6, 6.07) is 68.5. The van der Waals surface area contributed by atoms with Gasteiger partial charge in [0, 0.05) is 45.2 Å². The van der Waals surface area contributed by atoms with E-state index in [4.69, 9.17) is 4.42 Å². The molecule has 0 saturated carbocycles. The van der Waals surface area contributed by atoms with Crippen LogP contribution in [0.15, 0.2) is 192 Å². The highest BCUT2D eigenvalue weighted by Crippen LogP contribution is 2.48. The molecule has 1 aliphatic heterocycles. The Bertz CT molecular complexity index is 3750. The summed E-state index contributed by atoms with van der Waals surface area (Å²) < 4.78 is 12.0. The summed E-state index contributed by atoms with van der Waals surface area (Å²) in [6.45, 7) is 2.20. The van der Waals surface area contributed by atoms with E-state index in [1.807, 2.05) is 0 Å². The van der Waals surface area contributed by atoms with Crippen LogP contribution in [0.5, 0.6) is 0 Å². The second-order valence-electron chi connectivity index (χ2n) is 16.7. The number of fused-ring (bicyclic) bond motifs is 11. The quantitative estimate of drug-likeness (QED) is 0.193. The molecule has 61 heavy (non-hydrogen) atoms. The molecule has 2 atom stereocenters. The molecule has 0 amide bonds. The molecule has 0 fully saturated rings. The van der Waals surface area contributed by atoms with Crippen molar-refractivity contribution in [3.63, 3.8) is 0 Å². The molecule has 2 unspecified atom stereocenters. The fourth-order valence-corrected chi connectivity index (χ4v) is 10.3. The normalized spacial score (nSPS) is 15.6. The Morgan fingerprint density at radius 1 is 0.475 bits per heavy atom. The molecule has 1 aliphatic rings. The van der Waals surface area contributed by atoms with Crippen molar-refractivity contribution in [3.8, 4) is 16.8 Å². The maximum atomic E-state index is 7.05. The highest BCUT2D eigenvalue weighted by atomic mass is 16.4. The smallest absolute Gasteiger partial charge is 0.204 e. The average molecular weight is 785 g/mol. The molecule has 5 nitrogen and oxygen atoms in total. The van der Waals surface area contributed by atoms with Crippen molar-refractivity contribution >= 4 is 82.0 Å². The van der Waals surface area contributed by atoms with E-state index >= 15 is 0 Å². The lowest BCUT2D eigenvalue weighted by atomic mass is 9.93. The van der Waals surface area contributed by atoms with E-state index in [-0.39, 0.29) is 12.3 Å². The van der Waals surface area contributed by atoms with Gasteiger partial charge in [0.05, 0.1) is 28.1 Å². The molecule has 3 aromatic heterocycles. The van der Waals surface area contributed by atoms with Crippen molar-refractivity contribution < 1.29 is 4.42 Å². The molecule has 0 aliphatic carbocycles. The topological polar surface area (TPSA) is 38.3 Å². The molecule has 1 N–H and O–H groups in total. The van der Waals surface area contributed by atoms with Gasteiger partial charge in [0.2, 0.25) is 5.88 Å². The fourth-order valence-electron chi connectivity index (χ4n) is 10.3. The maximum absolute atomic E-state index is 7.05. The number of anilines is 1. The number of aromatic nitrogens is 2. The van der Waals surface area contributed by atoms with E-state index in [0.717, 1.165) is 28.0 Å². The van der Waals surface area contributed by atoms with E-state index in [1.54, 1.807) is 0 Å². The van der Waals surface area contributed by atoms with E-state index in [9.17, 15) is 0 Å². The first kappa shape index (κ1) is 34.3. The van der Waals surface area contributed by atoms with Crippen molar-refractivity contribution in [1.82, 2.24) is 14.5 Å². The number of hydrogen-bond acceptors (Lipinski definition) is 3. The Kier molecular flexibility index (Phi) is 7.28. The third-order valence-electron chi connectivity index (χ3n) is 13.3. The number of furan rings is 1. The highest BCUT2D eigenvalue weighted by Gasteiger charge is 2.38. The molecule has 12 aromatic rings. The molecule has 290 valence electrons. The summed E-state index contributed by atoms with van der Waals surface area (Å²) in [4.78, 5) is 2.30. The van der Waals surface area contributed by atoms with Gasteiger partial charge in [0.25, 0.3) is 0 Å². The van der Waals surface area contributed by atoms with Gasteiger partial charge in [-0.25, -0.2) is 0 Å². The third-order valence-corrected chi connectivity index (χ3v) is 13.3. The number of benzene rings is 9. The van der Waals surface area contributed by atoms with Gasteiger partial charge in [-0.3, -0.25) is 5.32 Å². The van der Waals surface area contributed by atoms with Crippen molar-refractivity contribution in [2.45, 2.75) is 19.3 Å². The van der Waals surface area contributed by atoms with Crippen LogP contribution in [0.2, 0.25) is 0 Å².